The van der Waals surface area contributed by atoms with E-state index in [4.69, 9.17) is 0 Å². The lowest BCUT2D eigenvalue weighted by molar-refractivity contribution is 0.620. The summed E-state index contributed by atoms with van der Waals surface area (Å²) in [6.07, 6.45) is 3.51. The second kappa shape index (κ2) is 4.56. The molecule has 1 aromatic heterocycles. The molecular weight excluding hydrogens is 282 g/mol. The SMILES string of the molecule is Brc1c(NC2NCCN2)ccc2nccnc12. The Balaban J connectivity index is 1.96. The van der Waals surface area contributed by atoms with Crippen molar-refractivity contribution in [3.8, 4) is 0 Å². The van der Waals surface area contributed by atoms with Crippen LogP contribution in [0.25, 0.3) is 11.0 Å². The highest BCUT2D eigenvalue weighted by Gasteiger charge is 2.14. The van der Waals surface area contributed by atoms with E-state index in [0.29, 0.717) is 0 Å². The van der Waals surface area contributed by atoms with Gasteiger partial charge in [0.15, 0.2) is 0 Å². The molecule has 1 saturated heterocycles. The first-order chi connectivity index (χ1) is 8.34. The van der Waals surface area contributed by atoms with Gasteiger partial charge in [-0.1, -0.05) is 0 Å². The summed E-state index contributed by atoms with van der Waals surface area (Å²) in [4.78, 5) is 8.59. The maximum atomic E-state index is 4.33. The number of aromatic nitrogens is 2. The molecule has 1 aliphatic rings. The monoisotopic (exact) mass is 293 g/mol. The lowest BCUT2D eigenvalue weighted by Gasteiger charge is -2.16. The Hall–Kier alpha value is -1.24. The number of benzene rings is 1. The summed E-state index contributed by atoms with van der Waals surface area (Å²) in [7, 11) is 0. The predicted molar refractivity (Wildman–Crippen MR) is 70.7 cm³/mol. The molecule has 0 unspecified atom stereocenters. The maximum Gasteiger partial charge on any atom is 0.132 e. The van der Waals surface area contributed by atoms with Crippen molar-refractivity contribution in [1.82, 2.24) is 20.6 Å². The summed E-state index contributed by atoms with van der Waals surface area (Å²) in [5, 5.41) is 9.97. The minimum absolute atomic E-state index is 0.112. The zero-order valence-electron chi connectivity index (χ0n) is 9.07. The molecule has 0 spiro atoms. The molecule has 0 aliphatic carbocycles. The highest BCUT2D eigenvalue weighted by molar-refractivity contribution is 9.10. The summed E-state index contributed by atoms with van der Waals surface area (Å²) >= 11 is 3.57. The second-order valence-electron chi connectivity index (χ2n) is 3.84. The fraction of sp³-hybridized carbons (Fsp3) is 0.273. The minimum atomic E-state index is 0.112. The van der Waals surface area contributed by atoms with Gasteiger partial charge in [0, 0.05) is 25.5 Å². The summed E-state index contributed by atoms with van der Waals surface area (Å²) in [6.45, 7) is 1.95. The molecule has 17 heavy (non-hydrogen) atoms. The summed E-state index contributed by atoms with van der Waals surface area (Å²) in [5.41, 5.74) is 2.76. The van der Waals surface area contributed by atoms with Crippen LogP contribution in [0.2, 0.25) is 0 Å². The fourth-order valence-corrected chi connectivity index (χ4v) is 2.43. The van der Waals surface area contributed by atoms with E-state index < -0.39 is 0 Å². The summed E-state index contributed by atoms with van der Waals surface area (Å²) < 4.78 is 0.943. The third-order valence-corrected chi connectivity index (χ3v) is 3.50. The lowest BCUT2D eigenvalue weighted by atomic mass is 10.2. The van der Waals surface area contributed by atoms with Crippen molar-refractivity contribution in [2.75, 3.05) is 18.4 Å². The van der Waals surface area contributed by atoms with Gasteiger partial charge in [-0.3, -0.25) is 20.6 Å². The van der Waals surface area contributed by atoms with E-state index in [1.807, 2.05) is 12.1 Å². The first kappa shape index (κ1) is 10.9. The van der Waals surface area contributed by atoms with Gasteiger partial charge in [-0.25, -0.2) is 0 Å². The van der Waals surface area contributed by atoms with Gasteiger partial charge in [-0.15, -0.1) is 0 Å². The highest BCUT2D eigenvalue weighted by Crippen LogP contribution is 2.29. The maximum absolute atomic E-state index is 4.33. The topological polar surface area (TPSA) is 61.9 Å². The Bertz CT molecular complexity index is 538. The van der Waals surface area contributed by atoms with Crippen molar-refractivity contribution in [2.24, 2.45) is 0 Å². The lowest BCUT2D eigenvalue weighted by Crippen LogP contribution is -2.38. The molecule has 3 N–H and O–H groups in total. The van der Waals surface area contributed by atoms with Gasteiger partial charge < -0.3 is 5.32 Å². The summed E-state index contributed by atoms with van der Waals surface area (Å²) in [6, 6.07) is 3.97. The van der Waals surface area contributed by atoms with Gasteiger partial charge in [0.05, 0.1) is 15.7 Å². The van der Waals surface area contributed by atoms with Crippen molar-refractivity contribution in [2.45, 2.75) is 6.29 Å². The van der Waals surface area contributed by atoms with Crippen LogP contribution in [0.4, 0.5) is 5.69 Å². The zero-order valence-corrected chi connectivity index (χ0v) is 10.7. The molecule has 3 rings (SSSR count). The molecule has 5 nitrogen and oxygen atoms in total. The first-order valence-corrected chi connectivity index (χ1v) is 6.26. The molecule has 2 heterocycles. The first-order valence-electron chi connectivity index (χ1n) is 5.47. The fourth-order valence-electron chi connectivity index (χ4n) is 1.88. The van der Waals surface area contributed by atoms with Crippen LogP contribution in [0, 0.1) is 0 Å². The number of hydrogen-bond acceptors (Lipinski definition) is 5. The molecule has 88 valence electrons. The third-order valence-electron chi connectivity index (χ3n) is 2.70. The van der Waals surface area contributed by atoms with E-state index in [1.54, 1.807) is 12.4 Å². The Labute approximate surface area is 107 Å². The van der Waals surface area contributed by atoms with Crippen molar-refractivity contribution < 1.29 is 0 Å². The molecular formula is C11H12BrN5. The van der Waals surface area contributed by atoms with E-state index in [2.05, 4.69) is 41.8 Å². The number of hydrogen-bond donors (Lipinski definition) is 3. The van der Waals surface area contributed by atoms with Crippen molar-refractivity contribution in [1.29, 1.82) is 0 Å². The van der Waals surface area contributed by atoms with Crippen LogP contribution in [0.15, 0.2) is 29.0 Å². The molecule has 0 bridgehead atoms. The van der Waals surface area contributed by atoms with E-state index >= 15 is 0 Å². The molecule has 0 atom stereocenters. The van der Waals surface area contributed by atoms with E-state index in [1.165, 1.54) is 0 Å². The van der Waals surface area contributed by atoms with E-state index in [0.717, 1.165) is 34.3 Å². The molecule has 2 aromatic rings. The Morgan fingerprint density at radius 1 is 1.18 bits per heavy atom. The minimum Gasteiger partial charge on any atom is -0.357 e. The smallest absolute Gasteiger partial charge is 0.132 e. The molecule has 1 aromatic carbocycles. The highest BCUT2D eigenvalue weighted by atomic mass is 79.9. The third kappa shape index (κ3) is 2.11. The number of fused-ring (bicyclic) bond motifs is 1. The number of halogens is 1. The van der Waals surface area contributed by atoms with Crippen molar-refractivity contribution in [3.63, 3.8) is 0 Å². The number of anilines is 1. The number of nitrogens with one attached hydrogen (secondary N) is 3. The van der Waals surface area contributed by atoms with Crippen LogP contribution in [0.3, 0.4) is 0 Å². The van der Waals surface area contributed by atoms with Crippen LogP contribution in [-0.4, -0.2) is 29.3 Å². The summed E-state index contributed by atoms with van der Waals surface area (Å²) in [5.74, 6) is 0. The van der Waals surface area contributed by atoms with Gasteiger partial charge in [0.2, 0.25) is 0 Å². The average molecular weight is 294 g/mol. The quantitative estimate of drug-likeness (QED) is 0.779. The van der Waals surface area contributed by atoms with Gasteiger partial charge in [-0.05, 0) is 28.1 Å². The Kier molecular flexibility index (Phi) is 2.92. The average Bonchev–Trinajstić information content (AvgIpc) is 2.86. The van der Waals surface area contributed by atoms with E-state index in [9.17, 15) is 0 Å². The molecule has 1 fully saturated rings. The van der Waals surface area contributed by atoms with Crippen LogP contribution in [-0.2, 0) is 0 Å². The molecule has 0 amide bonds. The van der Waals surface area contributed by atoms with Crippen LogP contribution in [0.1, 0.15) is 0 Å². The van der Waals surface area contributed by atoms with Crippen LogP contribution >= 0.6 is 15.9 Å². The molecule has 1 aliphatic heterocycles. The standard InChI is InChI=1S/C11H12BrN5/c12-9-7(17-11-15-5-6-16-11)1-2-8-10(9)14-4-3-13-8/h1-4,11,15-17H,5-6H2. The molecule has 0 saturated carbocycles. The van der Waals surface area contributed by atoms with Gasteiger partial charge in [0.25, 0.3) is 0 Å². The second-order valence-corrected chi connectivity index (χ2v) is 4.63. The molecule has 0 radical (unpaired) electrons. The van der Waals surface area contributed by atoms with Crippen LogP contribution in [0.5, 0.6) is 0 Å². The Morgan fingerprint density at radius 2 is 1.94 bits per heavy atom. The number of rotatable bonds is 2. The number of nitrogens with zero attached hydrogens (tertiary/aromatic N) is 2. The molecule has 6 heteroatoms. The predicted octanol–water partition coefficient (Wildman–Crippen LogP) is 1.28. The van der Waals surface area contributed by atoms with E-state index in [-0.39, 0.29) is 6.29 Å². The van der Waals surface area contributed by atoms with Gasteiger partial charge in [0.1, 0.15) is 11.8 Å². The zero-order chi connectivity index (χ0) is 11.7. The van der Waals surface area contributed by atoms with Crippen molar-refractivity contribution in [3.05, 3.63) is 29.0 Å². The van der Waals surface area contributed by atoms with Gasteiger partial charge >= 0.3 is 0 Å². The largest absolute Gasteiger partial charge is 0.357 e. The van der Waals surface area contributed by atoms with Gasteiger partial charge in [-0.2, -0.15) is 0 Å². The normalized spacial score (nSPS) is 16.5. The van der Waals surface area contributed by atoms with Crippen molar-refractivity contribution >= 4 is 32.7 Å². The van der Waals surface area contributed by atoms with Crippen LogP contribution < -0.4 is 16.0 Å². The Morgan fingerprint density at radius 3 is 2.76 bits per heavy atom.